The zero-order valence-electron chi connectivity index (χ0n) is 7.59. The maximum absolute atomic E-state index is 12.7. The Kier molecular flexibility index (Phi) is 2.88. The van der Waals surface area contributed by atoms with Gasteiger partial charge in [-0.3, -0.25) is 4.79 Å². The second kappa shape index (κ2) is 4.16. The third kappa shape index (κ3) is 2.11. The molecule has 1 aromatic carbocycles. The summed E-state index contributed by atoms with van der Waals surface area (Å²) in [7, 11) is 0. The van der Waals surface area contributed by atoms with E-state index in [-0.39, 0.29) is 16.6 Å². The number of hydrogen-bond donors (Lipinski definition) is 1. The van der Waals surface area contributed by atoms with Gasteiger partial charge in [-0.2, -0.15) is 0 Å². The fourth-order valence-electron chi connectivity index (χ4n) is 1.29. The maximum Gasteiger partial charge on any atom is 0.305 e. The molecule has 0 amide bonds. The zero-order chi connectivity index (χ0) is 10.8. The molecule has 5 heteroatoms. The number of aromatic amines is 1. The maximum atomic E-state index is 12.7. The first-order valence-corrected chi connectivity index (χ1v) is 5.59. The van der Waals surface area contributed by atoms with Crippen molar-refractivity contribution < 1.29 is 4.39 Å². The number of rotatable bonds is 2. The van der Waals surface area contributed by atoms with E-state index >= 15 is 0 Å². The lowest BCUT2D eigenvalue weighted by molar-refractivity contribution is 0.628. The highest BCUT2D eigenvalue weighted by Crippen LogP contribution is 2.26. The summed E-state index contributed by atoms with van der Waals surface area (Å²) in [6.07, 6.45) is 0. The fraction of sp³-hybridized carbons (Fsp3) is 0.100. The number of hydrogen-bond acceptors (Lipinski definition) is 2. The third-order valence-electron chi connectivity index (χ3n) is 1.96. The van der Waals surface area contributed by atoms with E-state index in [1.165, 1.54) is 12.1 Å². The Hall–Kier alpha value is -1.13. The SMILES string of the molecule is O=c1[nH]c(CCl)c(-c2ccc(F)cc2)s1. The zero-order valence-corrected chi connectivity index (χ0v) is 9.16. The summed E-state index contributed by atoms with van der Waals surface area (Å²) < 4.78 is 12.7. The Balaban J connectivity index is 2.53. The Morgan fingerprint density at radius 1 is 1.33 bits per heavy atom. The molecule has 0 aliphatic rings. The number of alkyl halides is 1. The predicted molar refractivity (Wildman–Crippen MR) is 59.9 cm³/mol. The molecule has 15 heavy (non-hydrogen) atoms. The molecular formula is C10H7ClFNOS. The quantitative estimate of drug-likeness (QED) is 0.809. The minimum absolute atomic E-state index is 0.148. The van der Waals surface area contributed by atoms with Crippen molar-refractivity contribution in [1.29, 1.82) is 0 Å². The molecule has 0 saturated heterocycles. The van der Waals surface area contributed by atoms with Gasteiger partial charge in [0.25, 0.3) is 0 Å². The molecule has 1 aromatic heterocycles. The van der Waals surface area contributed by atoms with Crippen LogP contribution in [0, 0.1) is 5.82 Å². The van der Waals surface area contributed by atoms with E-state index < -0.39 is 0 Å². The molecule has 0 saturated carbocycles. The summed E-state index contributed by atoms with van der Waals surface area (Å²) in [5.41, 5.74) is 1.48. The minimum atomic E-state index is -0.297. The smallest absolute Gasteiger partial charge is 0.305 e. The minimum Gasteiger partial charge on any atom is -0.315 e. The van der Waals surface area contributed by atoms with Crippen LogP contribution in [-0.4, -0.2) is 4.98 Å². The van der Waals surface area contributed by atoms with E-state index in [0.717, 1.165) is 21.8 Å². The predicted octanol–water partition coefficient (Wildman–Crippen LogP) is 2.98. The molecule has 0 unspecified atom stereocenters. The van der Waals surface area contributed by atoms with Crippen molar-refractivity contribution in [3.8, 4) is 10.4 Å². The Labute approximate surface area is 94.3 Å². The Morgan fingerprint density at radius 2 is 2.00 bits per heavy atom. The number of H-pyrrole nitrogens is 1. The van der Waals surface area contributed by atoms with Crippen LogP contribution in [0.15, 0.2) is 29.1 Å². The van der Waals surface area contributed by atoms with Crippen LogP contribution in [0.2, 0.25) is 0 Å². The summed E-state index contributed by atoms with van der Waals surface area (Å²) in [6, 6.07) is 5.98. The molecule has 0 aliphatic carbocycles. The summed E-state index contributed by atoms with van der Waals surface area (Å²) >= 11 is 6.77. The van der Waals surface area contributed by atoms with Crippen LogP contribution in [0.25, 0.3) is 10.4 Å². The van der Waals surface area contributed by atoms with Gasteiger partial charge in [0.2, 0.25) is 0 Å². The Bertz CT molecular complexity index is 517. The van der Waals surface area contributed by atoms with E-state index in [1.54, 1.807) is 12.1 Å². The van der Waals surface area contributed by atoms with Crippen molar-refractivity contribution in [2.75, 3.05) is 0 Å². The van der Waals surface area contributed by atoms with Gasteiger partial charge >= 0.3 is 4.87 Å². The van der Waals surface area contributed by atoms with Crippen LogP contribution in [0.3, 0.4) is 0 Å². The molecule has 0 radical (unpaired) electrons. The summed E-state index contributed by atoms with van der Waals surface area (Å²) in [5, 5.41) is 0. The van der Waals surface area contributed by atoms with E-state index in [4.69, 9.17) is 11.6 Å². The molecule has 2 aromatic rings. The van der Waals surface area contributed by atoms with Crippen LogP contribution in [0.1, 0.15) is 5.69 Å². The molecule has 0 bridgehead atoms. The highest BCUT2D eigenvalue weighted by molar-refractivity contribution is 7.13. The van der Waals surface area contributed by atoms with Crippen molar-refractivity contribution in [3.63, 3.8) is 0 Å². The largest absolute Gasteiger partial charge is 0.315 e. The molecule has 78 valence electrons. The number of halogens is 2. The molecule has 0 aliphatic heterocycles. The lowest BCUT2D eigenvalue weighted by Gasteiger charge is -1.99. The lowest BCUT2D eigenvalue weighted by atomic mass is 10.1. The van der Waals surface area contributed by atoms with Crippen LogP contribution in [-0.2, 0) is 5.88 Å². The summed E-state index contributed by atoms with van der Waals surface area (Å²) in [6.45, 7) is 0. The standard InChI is InChI=1S/C10H7ClFNOS/c11-5-8-9(15-10(14)13-8)6-1-3-7(12)4-2-6/h1-4H,5H2,(H,13,14). The van der Waals surface area contributed by atoms with Crippen molar-refractivity contribution in [2.45, 2.75) is 5.88 Å². The number of thiazole rings is 1. The van der Waals surface area contributed by atoms with E-state index in [9.17, 15) is 9.18 Å². The molecule has 1 N–H and O–H groups in total. The monoisotopic (exact) mass is 243 g/mol. The average molecular weight is 244 g/mol. The first-order valence-electron chi connectivity index (χ1n) is 4.24. The second-order valence-corrected chi connectivity index (χ2v) is 4.21. The number of aromatic nitrogens is 1. The molecule has 2 nitrogen and oxygen atoms in total. The first kappa shape index (κ1) is 10.4. The first-order chi connectivity index (χ1) is 7.20. The van der Waals surface area contributed by atoms with Crippen molar-refractivity contribution in [3.05, 3.63) is 45.4 Å². The van der Waals surface area contributed by atoms with Gasteiger partial charge in [0.05, 0.1) is 16.5 Å². The normalized spacial score (nSPS) is 10.5. The van der Waals surface area contributed by atoms with Gasteiger partial charge in [-0.05, 0) is 17.7 Å². The lowest BCUT2D eigenvalue weighted by Crippen LogP contribution is -1.93. The van der Waals surface area contributed by atoms with Gasteiger partial charge in [-0.1, -0.05) is 23.5 Å². The van der Waals surface area contributed by atoms with Gasteiger partial charge in [0.15, 0.2) is 0 Å². The van der Waals surface area contributed by atoms with Crippen molar-refractivity contribution >= 4 is 22.9 Å². The second-order valence-electron chi connectivity index (χ2n) is 2.96. The highest BCUT2D eigenvalue weighted by atomic mass is 35.5. The number of benzene rings is 1. The number of nitrogens with one attached hydrogen (secondary N) is 1. The van der Waals surface area contributed by atoms with Crippen molar-refractivity contribution in [1.82, 2.24) is 4.98 Å². The molecular weight excluding hydrogens is 237 g/mol. The molecule has 1 heterocycles. The van der Waals surface area contributed by atoms with Crippen LogP contribution in [0.4, 0.5) is 4.39 Å². The fourth-order valence-corrected chi connectivity index (χ4v) is 2.43. The van der Waals surface area contributed by atoms with Gasteiger partial charge in [0.1, 0.15) is 5.82 Å². The van der Waals surface area contributed by atoms with Gasteiger partial charge in [-0.25, -0.2) is 4.39 Å². The van der Waals surface area contributed by atoms with Gasteiger partial charge < -0.3 is 4.98 Å². The molecule has 0 fully saturated rings. The van der Waals surface area contributed by atoms with Crippen molar-refractivity contribution in [2.24, 2.45) is 0 Å². The van der Waals surface area contributed by atoms with Crippen LogP contribution in [0.5, 0.6) is 0 Å². The van der Waals surface area contributed by atoms with Gasteiger partial charge in [0, 0.05) is 0 Å². The van der Waals surface area contributed by atoms with Gasteiger partial charge in [-0.15, -0.1) is 11.6 Å². The van der Waals surface area contributed by atoms with E-state index in [0.29, 0.717) is 5.69 Å². The van der Waals surface area contributed by atoms with E-state index in [2.05, 4.69) is 4.98 Å². The summed E-state index contributed by atoms with van der Waals surface area (Å²) in [5.74, 6) is -0.0557. The average Bonchev–Trinajstić information content (AvgIpc) is 2.61. The highest BCUT2D eigenvalue weighted by Gasteiger charge is 2.09. The third-order valence-corrected chi connectivity index (χ3v) is 3.20. The van der Waals surface area contributed by atoms with Crippen LogP contribution >= 0.6 is 22.9 Å². The summed E-state index contributed by atoms with van der Waals surface area (Å²) in [4.78, 5) is 14.4. The van der Waals surface area contributed by atoms with E-state index in [1.807, 2.05) is 0 Å². The molecule has 0 atom stereocenters. The molecule has 0 spiro atoms. The Morgan fingerprint density at radius 3 is 2.60 bits per heavy atom. The topological polar surface area (TPSA) is 32.9 Å². The van der Waals surface area contributed by atoms with Crippen LogP contribution < -0.4 is 4.87 Å². The molecule has 2 rings (SSSR count).